The van der Waals surface area contributed by atoms with Gasteiger partial charge in [-0.1, -0.05) is 19.8 Å². The maximum Gasteiger partial charge on any atom is 0.277 e. The maximum absolute atomic E-state index is 12.0. The molecule has 1 aromatic heterocycles. The average Bonchev–Trinajstić information content (AvgIpc) is 2.78. The van der Waals surface area contributed by atoms with E-state index in [9.17, 15) is 8.42 Å². The molecule has 0 atom stereocenters. The number of rotatable bonds is 7. The largest absolute Gasteiger partial charge is 0.447 e. The van der Waals surface area contributed by atoms with Crippen LogP contribution in [-0.4, -0.2) is 32.9 Å². The maximum atomic E-state index is 12.0. The summed E-state index contributed by atoms with van der Waals surface area (Å²) < 4.78 is 30.5. The molecule has 0 unspecified atom stereocenters. The van der Waals surface area contributed by atoms with E-state index >= 15 is 0 Å². The van der Waals surface area contributed by atoms with Crippen LogP contribution in [0.1, 0.15) is 19.6 Å². The molecule has 0 spiro atoms. The van der Waals surface area contributed by atoms with Gasteiger partial charge in [-0.2, -0.15) is 4.31 Å². The predicted octanol–water partition coefficient (Wildman–Crippen LogP) is 1.28. The number of furan rings is 1. The number of terminal acetylenes is 1. The highest BCUT2D eigenvalue weighted by molar-refractivity contribution is 7.89. The van der Waals surface area contributed by atoms with Crippen molar-refractivity contribution < 1.29 is 12.8 Å². The highest BCUT2D eigenvalue weighted by atomic mass is 32.2. The van der Waals surface area contributed by atoms with Crippen molar-refractivity contribution in [2.75, 3.05) is 20.1 Å². The van der Waals surface area contributed by atoms with Crippen LogP contribution in [0.3, 0.4) is 0 Å². The fraction of sp³-hybridized carbons (Fsp3) is 0.538. The van der Waals surface area contributed by atoms with Crippen LogP contribution >= 0.6 is 0 Å². The minimum absolute atomic E-state index is 0.0178. The topological polar surface area (TPSA) is 62.6 Å². The molecule has 0 aromatic carbocycles. The van der Waals surface area contributed by atoms with Crippen molar-refractivity contribution in [1.29, 1.82) is 0 Å². The second-order valence-electron chi connectivity index (χ2n) is 4.71. The first kappa shape index (κ1) is 15.8. The fourth-order valence-corrected chi connectivity index (χ4v) is 2.45. The molecule has 1 N–H and O–H groups in total. The molecule has 0 aliphatic heterocycles. The molecule has 6 heteroatoms. The number of hydrogen-bond donors (Lipinski definition) is 1. The molecular weight excluding hydrogens is 264 g/mol. The van der Waals surface area contributed by atoms with E-state index in [1.54, 1.807) is 6.07 Å². The summed E-state index contributed by atoms with van der Waals surface area (Å²) in [6, 6.07) is 3.11. The van der Waals surface area contributed by atoms with Crippen molar-refractivity contribution in [3.63, 3.8) is 0 Å². The molecule has 5 nitrogen and oxygen atoms in total. The normalized spacial score (nSPS) is 12.0. The Hall–Kier alpha value is -1.29. The third kappa shape index (κ3) is 4.39. The Kier molecular flexibility index (Phi) is 5.60. The van der Waals surface area contributed by atoms with Crippen molar-refractivity contribution >= 4 is 10.0 Å². The van der Waals surface area contributed by atoms with Crippen molar-refractivity contribution in [3.8, 4) is 12.3 Å². The second-order valence-corrected chi connectivity index (χ2v) is 6.69. The van der Waals surface area contributed by atoms with Gasteiger partial charge in [-0.05, 0) is 24.6 Å². The first-order chi connectivity index (χ1) is 8.87. The van der Waals surface area contributed by atoms with Crippen LogP contribution in [0.5, 0.6) is 0 Å². The number of hydrogen-bond acceptors (Lipinski definition) is 4. The molecule has 0 amide bonds. The smallest absolute Gasteiger partial charge is 0.277 e. The molecule has 1 aromatic rings. The Morgan fingerprint density at radius 1 is 1.47 bits per heavy atom. The van der Waals surface area contributed by atoms with E-state index in [-0.39, 0.29) is 11.6 Å². The van der Waals surface area contributed by atoms with Gasteiger partial charge in [-0.3, -0.25) is 0 Å². The zero-order valence-corrected chi connectivity index (χ0v) is 12.3. The fourth-order valence-electron chi connectivity index (χ4n) is 1.44. The van der Waals surface area contributed by atoms with Crippen LogP contribution in [0.4, 0.5) is 0 Å². The van der Waals surface area contributed by atoms with Crippen molar-refractivity contribution in [3.05, 3.63) is 17.9 Å². The Labute approximate surface area is 115 Å². The lowest BCUT2D eigenvalue weighted by Crippen LogP contribution is -2.26. The molecular formula is C13H20N2O3S. The van der Waals surface area contributed by atoms with Gasteiger partial charge in [0.1, 0.15) is 5.76 Å². The summed E-state index contributed by atoms with van der Waals surface area (Å²) in [6.45, 7) is 5.57. The molecule has 0 aliphatic rings. The van der Waals surface area contributed by atoms with Crippen LogP contribution < -0.4 is 5.32 Å². The molecule has 0 saturated carbocycles. The molecule has 0 bridgehead atoms. The van der Waals surface area contributed by atoms with Crippen molar-refractivity contribution in [1.82, 2.24) is 9.62 Å². The Morgan fingerprint density at radius 3 is 2.74 bits per heavy atom. The van der Waals surface area contributed by atoms with Gasteiger partial charge < -0.3 is 9.73 Å². The zero-order valence-electron chi connectivity index (χ0n) is 11.5. The lowest BCUT2D eigenvalue weighted by atomic mass is 10.2. The first-order valence-electron chi connectivity index (χ1n) is 6.07. The second kappa shape index (κ2) is 6.75. The monoisotopic (exact) mass is 284 g/mol. The third-order valence-corrected chi connectivity index (χ3v) is 4.14. The van der Waals surface area contributed by atoms with Gasteiger partial charge in [0.2, 0.25) is 5.09 Å². The molecule has 0 aliphatic carbocycles. The van der Waals surface area contributed by atoms with E-state index in [4.69, 9.17) is 10.8 Å². The lowest BCUT2D eigenvalue weighted by molar-refractivity contribution is 0.382. The molecule has 1 rings (SSSR count). The highest BCUT2D eigenvalue weighted by Crippen LogP contribution is 2.17. The summed E-state index contributed by atoms with van der Waals surface area (Å²) in [5.41, 5.74) is 0. The average molecular weight is 284 g/mol. The van der Waals surface area contributed by atoms with Crippen LogP contribution in [0.2, 0.25) is 0 Å². The molecule has 19 heavy (non-hydrogen) atoms. The molecule has 1 heterocycles. The number of nitrogens with one attached hydrogen (secondary N) is 1. The first-order valence-corrected chi connectivity index (χ1v) is 7.51. The number of sulfonamides is 1. The van der Waals surface area contributed by atoms with Gasteiger partial charge in [0, 0.05) is 7.05 Å². The van der Waals surface area contributed by atoms with Crippen LogP contribution in [-0.2, 0) is 16.6 Å². The van der Waals surface area contributed by atoms with Gasteiger partial charge >= 0.3 is 0 Å². The molecule has 0 fully saturated rings. The van der Waals surface area contributed by atoms with Gasteiger partial charge in [-0.15, -0.1) is 6.42 Å². The van der Waals surface area contributed by atoms with E-state index in [2.05, 4.69) is 25.1 Å². The van der Waals surface area contributed by atoms with E-state index < -0.39 is 10.0 Å². The minimum atomic E-state index is -3.63. The SMILES string of the molecule is C#CCN(C)S(=O)(=O)c1ccc(CNCC(C)C)o1. The standard InChI is InChI=1S/C13H20N2O3S/c1-5-8-15(4)19(16,17)13-7-6-12(18-13)10-14-9-11(2)3/h1,6-7,11,14H,8-10H2,2-4H3. The van der Waals surface area contributed by atoms with Crippen LogP contribution in [0.15, 0.2) is 21.6 Å². The van der Waals surface area contributed by atoms with Gasteiger partial charge in [-0.25, -0.2) is 8.42 Å². The van der Waals surface area contributed by atoms with Crippen LogP contribution in [0.25, 0.3) is 0 Å². The highest BCUT2D eigenvalue weighted by Gasteiger charge is 2.23. The van der Waals surface area contributed by atoms with Crippen molar-refractivity contribution in [2.24, 2.45) is 5.92 Å². The number of nitrogens with zero attached hydrogens (tertiary/aromatic N) is 1. The van der Waals surface area contributed by atoms with Gasteiger partial charge in [0.05, 0.1) is 13.1 Å². The predicted molar refractivity (Wildman–Crippen MR) is 73.9 cm³/mol. The van der Waals surface area contributed by atoms with Crippen LogP contribution in [0, 0.1) is 18.3 Å². The summed E-state index contributed by atoms with van der Waals surface area (Å²) in [5, 5.41) is 3.11. The van der Waals surface area contributed by atoms with E-state index in [1.165, 1.54) is 13.1 Å². The van der Waals surface area contributed by atoms with E-state index in [0.29, 0.717) is 18.2 Å². The van der Waals surface area contributed by atoms with Gasteiger partial charge in [0.15, 0.2) is 0 Å². The Morgan fingerprint density at radius 2 is 2.16 bits per heavy atom. The van der Waals surface area contributed by atoms with E-state index in [1.807, 2.05) is 0 Å². The molecule has 0 saturated heterocycles. The summed E-state index contributed by atoms with van der Waals surface area (Å²) in [6.07, 6.45) is 5.11. The zero-order chi connectivity index (χ0) is 14.5. The summed E-state index contributed by atoms with van der Waals surface area (Å²) in [5.74, 6) is 3.41. The Bertz CT molecular complexity index is 540. The minimum Gasteiger partial charge on any atom is -0.447 e. The van der Waals surface area contributed by atoms with Crippen molar-refractivity contribution in [2.45, 2.75) is 25.5 Å². The summed E-state index contributed by atoms with van der Waals surface area (Å²) in [4.78, 5) is 0. The lowest BCUT2D eigenvalue weighted by Gasteiger charge is -2.11. The molecule has 0 radical (unpaired) electrons. The third-order valence-electron chi connectivity index (χ3n) is 2.47. The van der Waals surface area contributed by atoms with Gasteiger partial charge in [0.25, 0.3) is 10.0 Å². The Balaban J connectivity index is 2.71. The summed E-state index contributed by atoms with van der Waals surface area (Å²) in [7, 11) is -2.20. The summed E-state index contributed by atoms with van der Waals surface area (Å²) >= 11 is 0. The molecule has 106 valence electrons. The quantitative estimate of drug-likeness (QED) is 0.766. The van der Waals surface area contributed by atoms with E-state index in [0.717, 1.165) is 10.8 Å².